The van der Waals surface area contributed by atoms with Gasteiger partial charge in [-0.3, -0.25) is 9.59 Å². The molecular formula is C18H27F3O3. The molecule has 0 spiro atoms. The number of Topliss-reactive ketones (excluding diaryl/α,β-unsaturated/α-hetero) is 1. The second-order valence-electron chi connectivity index (χ2n) is 7.90. The summed E-state index contributed by atoms with van der Waals surface area (Å²) in [5.74, 6) is -0.643. The van der Waals surface area contributed by atoms with E-state index in [-0.39, 0.29) is 31.5 Å². The fraction of sp³-hybridized carbons (Fsp3) is 0.889. The van der Waals surface area contributed by atoms with Gasteiger partial charge < -0.3 is 4.74 Å². The minimum Gasteiger partial charge on any atom is -0.458 e. The molecule has 2 aliphatic rings. The van der Waals surface area contributed by atoms with Crippen LogP contribution in [0.25, 0.3) is 0 Å². The number of unbranched alkanes of at least 4 members (excludes halogenated alkanes) is 1. The Balaban J connectivity index is 2.12. The van der Waals surface area contributed by atoms with E-state index in [1.807, 2.05) is 6.92 Å². The van der Waals surface area contributed by atoms with Gasteiger partial charge in [0.25, 0.3) is 0 Å². The van der Waals surface area contributed by atoms with Crippen molar-refractivity contribution < 1.29 is 27.5 Å². The van der Waals surface area contributed by atoms with Crippen LogP contribution in [-0.4, -0.2) is 23.5 Å². The van der Waals surface area contributed by atoms with Gasteiger partial charge in [0.2, 0.25) is 0 Å². The zero-order valence-corrected chi connectivity index (χ0v) is 14.7. The minimum atomic E-state index is -4.33. The summed E-state index contributed by atoms with van der Waals surface area (Å²) < 4.78 is 45.8. The van der Waals surface area contributed by atoms with Crippen LogP contribution in [0, 0.1) is 10.8 Å². The fourth-order valence-electron chi connectivity index (χ4n) is 4.33. The van der Waals surface area contributed by atoms with Crippen molar-refractivity contribution in [2.45, 2.75) is 90.3 Å². The molecule has 1 saturated carbocycles. The van der Waals surface area contributed by atoms with E-state index < -0.39 is 28.6 Å². The highest BCUT2D eigenvalue weighted by Gasteiger charge is 2.64. The van der Waals surface area contributed by atoms with Crippen molar-refractivity contribution in [1.82, 2.24) is 0 Å². The second-order valence-corrected chi connectivity index (χ2v) is 7.90. The van der Waals surface area contributed by atoms with Gasteiger partial charge in [-0.2, -0.15) is 13.2 Å². The monoisotopic (exact) mass is 348 g/mol. The van der Waals surface area contributed by atoms with Crippen LogP contribution in [0.2, 0.25) is 0 Å². The van der Waals surface area contributed by atoms with Crippen LogP contribution in [-0.2, 0) is 14.3 Å². The van der Waals surface area contributed by atoms with Crippen LogP contribution in [0.4, 0.5) is 13.2 Å². The number of carbonyl (C=O) groups is 2. The number of ketones is 1. The predicted molar refractivity (Wildman–Crippen MR) is 83.3 cm³/mol. The predicted octanol–water partition coefficient (Wildman–Crippen LogP) is 4.97. The summed E-state index contributed by atoms with van der Waals surface area (Å²) in [6, 6.07) is 0. The van der Waals surface area contributed by atoms with E-state index in [2.05, 4.69) is 0 Å². The summed E-state index contributed by atoms with van der Waals surface area (Å²) in [5.41, 5.74) is -3.60. The third-order valence-corrected chi connectivity index (χ3v) is 6.26. The molecule has 0 amide bonds. The molecule has 0 radical (unpaired) electrons. The van der Waals surface area contributed by atoms with Crippen molar-refractivity contribution in [3.8, 4) is 0 Å². The van der Waals surface area contributed by atoms with Gasteiger partial charge in [0, 0.05) is 6.42 Å². The molecule has 0 aromatic heterocycles. The van der Waals surface area contributed by atoms with Crippen molar-refractivity contribution in [2.75, 3.05) is 0 Å². The number of hydrogen-bond donors (Lipinski definition) is 0. The summed E-state index contributed by atoms with van der Waals surface area (Å²) >= 11 is 0. The largest absolute Gasteiger partial charge is 0.458 e. The SMILES string of the molecule is CCCC[C@@](C)(CCC(=O)C12CCCC1(C)OC(=O)C2)C(F)(F)F. The molecule has 1 saturated heterocycles. The molecule has 2 fully saturated rings. The van der Waals surface area contributed by atoms with E-state index >= 15 is 0 Å². The topological polar surface area (TPSA) is 43.4 Å². The normalized spacial score (nSPS) is 32.3. The summed E-state index contributed by atoms with van der Waals surface area (Å²) in [5, 5.41) is 0. The molecule has 138 valence electrons. The highest BCUT2D eigenvalue weighted by atomic mass is 19.4. The van der Waals surface area contributed by atoms with Crippen LogP contribution < -0.4 is 0 Å². The number of alkyl halides is 3. The maximum Gasteiger partial charge on any atom is 0.394 e. The molecular weight excluding hydrogens is 321 g/mol. The summed E-state index contributed by atoms with van der Waals surface area (Å²) in [6.07, 6.45) is -1.59. The smallest absolute Gasteiger partial charge is 0.394 e. The molecule has 3 atom stereocenters. The van der Waals surface area contributed by atoms with Crippen molar-refractivity contribution in [3.63, 3.8) is 0 Å². The zero-order chi connectivity index (χ0) is 18.2. The Bertz CT molecular complexity index is 516. The first-order valence-corrected chi connectivity index (χ1v) is 8.82. The van der Waals surface area contributed by atoms with Crippen molar-refractivity contribution in [2.24, 2.45) is 10.8 Å². The van der Waals surface area contributed by atoms with Crippen LogP contribution in [0.1, 0.15) is 78.6 Å². The van der Waals surface area contributed by atoms with Gasteiger partial charge in [-0.05, 0) is 39.0 Å². The van der Waals surface area contributed by atoms with E-state index in [4.69, 9.17) is 4.74 Å². The van der Waals surface area contributed by atoms with E-state index in [9.17, 15) is 22.8 Å². The first kappa shape index (κ1) is 19.3. The Labute approximate surface area is 141 Å². The first-order chi connectivity index (χ1) is 11.0. The molecule has 6 heteroatoms. The lowest BCUT2D eigenvalue weighted by atomic mass is 9.68. The number of hydrogen-bond acceptors (Lipinski definition) is 3. The molecule has 2 unspecified atom stereocenters. The van der Waals surface area contributed by atoms with Crippen LogP contribution in [0.15, 0.2) is 0 Å². The van der Waals surface area contributed by atoms with Crippen molar-refractivity contribution in [1.29, 1.82) is 0 Å². The second kappa shape index (κ2) is 6.34. The Kier molecular flexibility index (Phi) is 5.09. The quantitative estimate of drug-likeness (QED) is 0.610. The molecule has 3 nitrogen and oxygen atoms in total. The molecule has 2 rings (SSSR count). The lowest BCUT2D eigenvalue weighted by Gasteiger charge is -2.36. The molecule has 0 bridgehead atoms. The summed E-state index contributed by atoms with van der Waals surface area (Å²) in [6.45, 7) is 4.81. The van der Waals surface area contributed by atoms with Crippen LogP contribution in [0.5, 0.6) is 0 Å². The van der Waals surface area contributed by atoms with Gasteiger partial charge >= 0.3 is 12.1 Å². The number of rotatable bonds is 7. The third-order valence-electron chi connectivity index (χ3n) is 6.26. The number of carbonyl (C=O) groups excluding carboxylic acids is 2. The Morgan fingerprint density at radius 1 is 1.25 bits per heavy atom. The Hall–Kier alpha value is -1.07. The highest BCUT2D eigenvalue weighted by Crippen LogP contribution is 2.57. The molecule has 1 aliphatic carbocycles. The van der Waals surface area contributed by atoms with Gasteiger partial charge in [0.15, 0.2) is 0 Å². The summed E-state index contributed by atoms with van der Waals surface area (Å²) in [4.78, 5) is 24.6. The standard InChI is InChI=1S/C18H27F3O3/c1-4-5-8-15(2,18(19,20)21)11-7-13(22)17-10-6-9-16(17,3)24-14(23)12-17/h4-12H2,1-3H3/t15-,16?,17?/m0/s1. The van der Waals surface area contributed by atoms with Crippen molar-refractivity contribution >= 4 is 11.8 Å². The van der Waals surface area contributed by atoms with Gasteiger partial charge in [-0.1, -0.05) is 26.7 Å². The van der Waals surface area contributed by atoms with E-state index in [0.29, 0.717) is 25.7 Å². The lowest BCUT2D eigenvalue weighted by molar-refractivity contribution is -0.223. The lowest BCUT2D eigenvalue weighted by Crippen LogP contribution is -2.44. The summed E-state index contributed by atoms with van der Waals surface area (Å²) in [7, 11) is 0. The maximum absolute atomic E-state index is 13.5. The zero-order valence-electron chi connectivity index (χ0n) is 14.7. The Morgan fingerprint density at radius 3 is 2.50 bits per heavy atom. The van der Waals surface area contributed by atoms with E-state index in [1.54, 1.807) is 6.92 Å². The fourth-order valence-corrected chi connectivity index (χ4v) is 4.33. The van der Waals surface area contributed by atoms with Crippen LogP contribution in [0.3, 0.4) is 0 Å². The minimum absolute atomic E-state index is 0.0139. The van der Waals surface area contributed by atoms with Crippen molar-refractivity contribution in [3.05, 3.63) is 0 Å². The number of halogens is 3. The molecule has 0 aromatic carbocycles. The first-order valence-electron chi connectivity index (χ1n) is 8.82. The average molecular weight is 348 g/mol. The van der Waals surface area contributed by atoms with E-state index in [0.717, 1.165) is 6.42 Å². The molecule has 0 N–H and O–H groups in total. The molecule has 1 heterocycles. The number of esters is 1. The van der Waals surface area contributed by atoms with Gasteiger partial charge in [0.05, 0.1) is 17.3 Å². The van der Waals surface area contributed by atoms with E-state index in [1.165, 1.54) is 6.92 Å². The highest BCUT2D eigenvalue weighted by molar-refractivity contribution is 5.93. The number of fused-ring (bicyclic) bond motifs is 1. The maximum atomic E-state index is 13.5. The average Bonchev–Trinajstić information content (AvgIpc) is 2.90. The van der Waals surface area contributed by atoms with Gasteiger partial charge in [-0.25, -0.2) is 0 Å². The van der Waals surface area contributed by atoms with Crippen LogP contribution >= 0.6 is 0 Å². The third kappa shape index (κ3) is 3.08. The molecule has 1 aliphatic heterocycles. The van der Waals surface area contributed by atoms with Gasteiger partial charge in [-0.15, -0.1) is 0 Å². The van der Waals surface area contributed by atoms with Gasteiger partial charge in [0.1, 0.15) is 11.4 Å². The Morgan fingerprint density at radius 2 is 1.92 bits per heavy atom. The number of ether oxygens (including phenoxy) is 1. The molecule has 0 aromatic rings. The molecule has 24 heavy (non-hydrogen) atoms.